The summed E-state index contributed by atoms with van der Waals surface area (Å²) in [5, 5.41) is 3.25. The Morgan fingerprint density at radius 3 is 2.25 bits per heavy atom. The Kier molecular flexibility index (Phi) is 4.50. The molecule has 0 atom stereocenters. The van der Waals surface area contributed by atoms with E-state index in [1.54, 1.807) is 18.9 Å². The van der Waals surface area contributed by atoms with Crippen LogP contribution in [0.15, 0.2) is 29.2 Å². The summed E-state index contributed by atoms with van der Waals surface area (Å²) in [6.45, 7) is 0.901. The van der Waals surface area contributed by atoms with Crippen molar-refractivity contribution in [1.29, 1.82) is 0 Å². The molecular formula is C20H27NO2S. The van der Waals surface area contributed by atoms with Crippen molar-refractivity contribution in [3.63, 3.8) is 0 Å². The second kappa shape index (κ2) is 6.62. The number of amides is 1. The molecule has 5 rings (SSSR count). The predicted molar refractivity (Wildman–Crippen MR) is 97.3 cm³/mol. The first-order valence-corrected chi connectivity index (χ1v) is 10.2. The number of hydrogen-bond donors (Lipinski definition) is 1. The van der Waals surface area contributed by atoms with Crippen molar-refractivity contribution >= 4 is 17.7 Å². The Hall–Kier alpha value is -1.16. The van der Waals surface area contributed by atoms with Crippen LogP contribution in [-0.2, 0) is 4.79 Å². The van der Waals surface area contributed by atoms with Gasteiger partial charge >= 0.3 is 0 Å². The van der Waals surface area contributed by atoms with Crippen molar-refractivity contribution in [2.24, 2.45) is 23.2 Å². The lowest BCUT2D eigenvalue weighted by Crippen LogP contribution is -2.51. The Morgan fingerprint density at radius 2 is 1.71 bits per heavy atom. The van der Waals surface area contributed by atoms with Crippen LogP contribution in [0.1, 0.15) is 38.5 Å². The Labute approximate surface area is 148 Å². The first-order valence-electron chi connectivity index (χ1n) is 9.18. The van der Waals surface area contributed by atoms with Gasteiger partial charge in [0.05, 0.1) is 12.9 Å². The van der Waals surface area contributed by atoms with Gasteiger partial charge in [0.15, 0.2) is 0 Å². The van der Waals surface area contributed by atoms with Gasteiger partial charge in [-0.3, -0.25) is 4.79 Å². The number of benzene rings is 1. The number of hydrogen-bond acceptors (Lipinski definition) is 3. The number of carbonyl (C=O) groups excluding carboxylic acids is 1. The average molecular weight is 346 g/mol. The van der Waals surface area contributed by atoms with E-state index >= 15 is 0 Å². The summed E-state index contributed by atoms with van der Waals surface area (Å²) in [4.78, 5) is 13.4. The Morgan fingerprint density at radius 1 is 1.12 bits per heavy atom. The maximum atomic E-state index is 12.3. The molecule has 0 aromatic heterocycles. The SMILES string of the molecule is COc1ccc(SCC(=O)NCC23CC4CC(CC(C4)C2)C3)cc1. The summed E-state index contributed by atoms with van der Waals surface area (Å²) >= 11 is 1.60. The maximum Gasteiger partial charge on any atom is 0.230 e. The third kappa shape index (κ3) is 3.44. The minimum absolute atomic E-state index is 0.173. The first kappa shape index (κ1) is 16.3. The van der Waals surface area contributed by atoms with Crippen LogP contribution in [0, 0.1) is 23.2 Å². The molecule has 1 aromatic carbocycles. The van der Waals surface area contributed by atoms with Gasteiger partial charge in [-0.25, -0.2) is 0 Å². The maximum absolute atomic E-state index is 12.3. The molecule has 24 heavy (non-hydrogen) atoms. The molecule has 1 N–H and O–H groups in total. The highest BCUT2D eigenvalue weighted by atomic mass is 32.2. The zero-order valence-corrected chi connectivity index (χ0v) is 15.2. The predicted octanol–water partition coefficient (Wildman–Crippen LogP) is 4.12. The number of nitrogens with one attached hydrogen (secondary N) is 1. The van der Waals surface area contributed by atoms with Crippen molar-refractivity contribution in [3.05, 3.63) is 24.3 Å². The average Bonchev–Trinajstić information content (AvgIpc) is 2.57. The molecule has 1 amide bonds. The highest BCUT2D eigenvalue weighted by Gasteiger charge is 2.50. The van der Waals surface area contributed by atoms with Crippen molar-refractivity contribution in [2.75, 3.05) is 19.4 Å². The molecule has 0 unspecified atom stereocenters. The van der Waals surface area contributed by atoms with E-state index in [9.17, 15) is 4.79 Å². The van der Waals surface area contributed by atoms with E-state index in [4.69, 9.17) is 4.74 Å². The van der Waals surface area contributed by atoms with Gasteiger partial charge < -0.3 is 10.1 Å². The Bertz CT molecular complexity index is 563. The van der Waals surface area contributed by atoms with E-state index in [-0.39, 0.29) is 5.91 Å². The van der Waals surface area contributed by atoms with Gasteiger partial charge in [-0.2, -0.15) is 0 Å². The van der Waals surface area contributed by atoms with E-state index in [1.165, 1.54) is 38.5 Å². The number of ether oxygens (including phenoxy) is 1. The van der Waals surface area contributed by atoms with Gasteiger partial charge in [0.1, 0.15) is 5.75 Å². The highest BCUT2D eigenvalue weighted by Crippen LogP contribution is 2.59. The first-order chi connectivity index (χ1) is 11.6. The molecule has 130 valence electrons. The molecule has 3 nitrogen and oxygen atoms in total. The molecule has 4 aliphatic rings. The lowest BCUT2D eigenvalue weighted by Gasteiger charge is -2.56. The van der Waals surface area contributed by atoms with Crippen molar-refractivity contribution in [1.82, 2.24) is 5.32 Å². The van der Waals surface area contributed by atoms with Crippen LogP contribution in [0.3, 0.4) is 0 Å². The summed E-state index contributed by atoms with van der Waals surface area (Å²) in [6.07, 6.45) is 8.43. The van der Waals surface area contributed by atoms with Crippen LogP contribution < -0.4 is 10.1 Å². The fourth-order valence-electron chi connectivity index (χ4n) is 5.66. The van der Waals surface area contributed by atoms with Crippen LogP contribution in [0.4, 0.5) is 0 Å². The van der Waals surface area contributed by atoms with Gasteiger partial charge in [0.2, 0.25) is 5.91 Å². The van der Waals surface area contributed by atoms with Crippen LogP contribution in [0.25, 0.3) is 0 Å². The molecule has 4 aliphatic carbocycles. The number of carbonyl (C=O) groups is 1. The third-order valence-corrected chi connectivity index (χ3v) is 7.27. The quantitative estimate of drug-likeness (QED) is 0.788. The monoisotopic (exact) mass is 345 g/mol. The Balaban J connectivity index is 1.26. The van der Waals surface area contributed by atoms with E-state index in [0.717, 1.165) is 34.9 Å². The lowest BCUT2D eigenvalue weighted by atomic mass is 9.49. The molecule has 4 fully saturated rings. The summed E-state index contributed by atoms with van der Waals surface area (Å²) < 4.78 is 5.16. The van der Waals surface area contributed by atoms with E-state index in [1.807, 2.05) is 24.3 Å². The molecule has 4 bridgehead atoms. The lowest BCUT2D eigenvalue weighted by molar-refractivity contribution is -0.120. The van der Waals surface area contributed by atoms with Crippen molar-refractivity contribution in [2.45, 2.75) is 43.4 Å². The van der Waals surface area contributed by atoms with Gasteiger partial charge in [-0.05, 0) is 86.0 Å². The van der Waals surface area contributed by atoms with Gasteiger partial charge in [-0.15, -0.1) is 11.8 Å². The topological polar surface area (TPSA) is 38.3 Å². The zero-order chi connectivity index (χ0) is 16.6. The fraction of sp³-hybridized carbons (Fsp3) is 0.650. The highest BCUT2D eigenvalue weighted by molar-refractivity contribution is 8.00. The second-order valence-electron chi connectivity index (χ2n) is 8.16. The van der Waals surface area contributed by atoms with Gasteiger partial charge in [0, 0.05) is 11.4 Å². The summed E-state index contributed by atoms with van der Waals surface area (Å²) in [7, 11) is 1.67. The molecule has 4 heteroatoms. The standard InChI is InChI=1S/C20H27NO2S/c1-23-17-2-4-18(5-3-17)24-12-19(22)21-13-20-9-14-6-15(10-20)8-16(7-14)11-20/h2-5,14-16H,6-13H2,1H3,(H,21,22). The van der Waals surface area contributed by atoms with Crippen LogP contribution in [-0.4, -0.2) is 25.3 Å². The van der Waals surface area contributed by atoms with Crippen molar-refractivity contribution in [3.8, 4) is 5.75 Å². The minimum atomic E-state index is 0.173. The van der Waals surface area contributed by atoms with Crippen LogP contribution in [0.2, 0.25) is 0 Å². The molecule has 1 aromatic rings. The zero-order valence-electron chi connectivity index (χ0n) is 14.4. The fourth-order valence-corrected chi connectivity index (χ4v) is 6.39. The summed E-state index contributed by atoms with van der Waals surface area (Å²) in [6, 6.07) is 7.90. The molecular weight excluding hydrogens is 318 g/mol. The van der Waals surface area contributed by atoms with Crippen LogP contribution in [0.5, 0.6) is 5.75 Å². The van der Waals surface area contributed by atoms with Gasteiger partial charge in [0.25, 0.3) is 0 Å². The molecule has 0 radical (unpaired) electrons. The molecule has 4 saturated carbocycles. The largest absolute Gasteiger partial charge is 0.497 e. The van der Waals surface area contributed by atoms with Crippen molar-refractivity contribution < 1.29 is 9.53 Å². The number of thioether (sulfide) groups is 1. The molecule has 0 spiro atoms. The molecule has 0 saturated heterocycles. The van der Waals surface area contributed by atoms with E-state index in [2.05, 4.69) is 5.32 Å². The minimum Gasteiger partial charge on any atom is -0.497 e. The second-order valence-corrected chi connectivity index (χ2v) is 9.21. The number of methoxy groups -OCH3 is 1. The van der Waals surface area contributed by atoms with Gasteiger partial charge in [-0.1, -0.05) is 0 Å². The molecule has 0 aliphatic heterocycles. The molecule has 0 heterocycles. The van der Waals surface area contributed by atoms with E-state index < -0.39 is 0 Å². The third-order valence-electron chi connectivity index (χ3n) is 6.25. The summed E-state index contributed by atoms with van der Waals surface area (Å²) in [5.74, 6) is 4.36. The van der Waals surface area contributed by atoms with E-state index in [0.29, 0.717) is 11.2 Å². The smallest absolute Gasteiger partial charge is 0.230 e. The normalized spacial score (nSPS) is 33.5. The van der Waals surface area contributed by atoms with Crippen LogP contribution >= 0.6 is 11.8 Å². The summed E-state index contributed by atoms with van der Waals surface area (Å²) in [5.41, 5.74) is 0.426. The number of rotatable bonds is 6.